The van der Waals surface area contributed by atoms with Crippen molar-refractivity contribution >= 4 is 23.4 Å². The molecule has 3 rings (SSSR count). The van der Waals surface area contributed by atoms with Crippen LogP contribution in [-0.4, -0.2) is 9.97 Å². The van der Waals surface area contributed by atoms with Crippen LogP contribution in [0.25, 0.3) is 11.6 Å². The summed E-state index contributed by atoms with van der Waals surface area (Å²) in [5.74, 6) is 3.93. The number of hydrogen-bond acceptors (Lipinski definition) is 4. The van der Waals surface area contributed by atoms with Crippen LogP contribution in [0.2, 0.25) is 5.15 Å². The van der Waals surface area contributed by atoms with E-state index >= 15 is 0 Å². The summed E-state index contributed by atoms with van der Waals surface area (Å²) >= 11 is 7.93. The van der Waals surface area contributed by atoms with E-state index in [1.807, 2.05) is 30.8 Å². The first-order valence-corrected chi connectivity index (χ1v) is 6.47. The van der Waals surface area contributed by atoms with Crippen molar-refractivity contribution in [2.45, 2.75) is 18.4 Å². The molecule has 3 heterocycles. The fourth-order valence-electron chi connectivity index (χ4n) is 1.68. The summed E-state index contributed by atoms with van der Waals surface area (Å²) < 4.78 is 5.49. The first-order chi connectivity index (χ1) is 7.74. The molecule has 0 unspecified atom stereocenters. The van der Waals surface area contributed by atoms with E-state index in [1.165, 1.54) is 0 Å². The Morgan fingerprint density at radius 3 is 2.94 bits per heavy atom. The molecule has 0 atom stereocenters. The van der Waals surface area contributed by atoms with Crippen LogP contribution >= 0.6 is 23.4 Å². The van der Waals surface area contributed by atoms with Gasteiger partial charge in [0.1, 0.15) is 10.9 Å². The van der Waals surface area contributed by atoms with E-state index in [2.05, 4.69) is 9.97 Å². The average molecular weight is 253 g/mol. The molecule has 0 spiro atoms. The van der Waals surface area contributed by atoms with Crippen LogP contribution in [0.4, 0.5) is 0 Å². The van der Waals surface area contributed by atoms with E-state index in [0.29, 0.717) is 16.7 Å². The van der Waals surface area contributed by atoms with Gasteiger partial charge >= 0.3 is 0 Å². The van der Waals surface area contributed by atoms with Crippen LogP contribution < -0.4 is 0 Å². The maximum absolute atomic E-state index is 6.13. The molecule has 2 aromatic heterocycles. The number of hydrogen-bond donors (Lipinski definition) is 0. The highest BCUT2D eigenvalue weighted by Crippen LogP contribution is 2.34. The minimum Gasteiger partial charge on any atom is -0.458 e. The van der Waals surface area contributed by atoms with Crippen molar-refractivity contribution in [1.29, 1.82) is 0 Å². The Hall–Kier alpha value is -1.00. The predicted molar refractivity (Wildman–Crippen MR) is 64.5 cm³/mol. The van der Waals surface area contributed by atoms with Crippen molar-refractivity contribution < 1.29 is 4.42 Å². The Morgan fingerprint density at radius 2 is 2.19 bits per heavy atom. The number of aromatic nitrogens is 2. The monoisotopic (exact) mass is 252 g/mol. The number of thioether (sulfide) groups is 1. The van der Waals surface area contributed by atoms with Gasteiger partial charge in [-0.1, -0.05) is 11.6 Å². The Balaban J connectivity index is 2.12. The second kappa shape index (κ2) is 3.79. The molecule has 3 nitrogen and oxygen atoms in total. The lowest BCUT2D eigenvalue weighted by atomic mass is 10.2. The molecule has 16 heavy (non-hydrogen) atoms. The molecule has 2 aromatic rings. The van der Waals surface area contributed by atoms with E-state index in [4.69, 9.17) is 16.0 Å². The molecule has 0 saturated carbocycles. The summed E-state index contributed by atoms with van der Waals surface area (Å²) in [7, 11) is 0. The molecule has 0 saturated heterocycles. The van der Waals surface area contributed by atoms with Crippen LogP contribution in [-0.2, 0) is 11.5 Å². The van der Waals surface area contributed by atoms with Gasteiger partial charge in [0.2, 0.25) is 0 Å². The summed E-state index contributed by atoms with van der Waals surface area (Å²) in [4.78, 5) is 8.76. The second-order valence-corrected chi connectivity index (χ2v) is 5.01. The minimum atomic E-state index is 0.555. The molecule has 5 heteroatoms. The third kappa shape index (κ3) is 1.62. The fourth-order valence-corrected chi connectivity index (χ4v) is 3.05. The highest BCUT2D eigenvalue weighted by atomic mass is 35.5. The van der Waals surface area contributed by atoms with Gasteiger partial charge in [-0.15, -0.1) is 0 Å². The number of rotatable bonds is 1. The van der Waals surface area contributed by atoms with Gasteiger partial charge in [-0.05, 0) is 19.1 Å². The summed E-state index contributed by atoms with van der Waals surface area (Å²) in [5.41, 5.74) is 2.10. The maximum atomic E-state index is 6.13. The van der Waals surface area contributed by atoms with Crippen molar-refractivity contribution in [3.05, 3.63) is 34.3 Å². The number of fused-ring (bicyclic) bond motifs is 1. The average Bonchev–Trinajstić information content (AvgIpc) is 2.85. The second-order valence-electron chi connectivity index (χ2n) is 3.67. The van der Waals surface area contributed by atoms with Crippen molar-refractivity contribution in [3.8, 4) is 11.6 Å². The summed E-state index contributed by atoms with van der Waals surface area (Å²) in [6.07, 6.45) is 0. The Bertz CT molecular complexity index is 553. The molecule has 0 N–H and O–H groups in total. The standard InChI is InChI=1S/C11H9ClN2OS/c1-6-2-3-9(15-6)11-13-8-5-16-4-7(8)10(12)14-11/h2-3H,4-5H2,1H3. The highest BCUT2D eigenvalue weighted by molar-refractivity contribution is 7.98. The van der Waals surface area contributed by atoms with Crippen LogP contribution in [0.3, 0.4) is 0 Å². The lowest BCUT2D eigenvalue weighted by Gasteiger charge is -2.02. The molecule has 1 aliphatic heterocycles. The minimum absolute atomic E-state index is 0.555. The Morgan fingerprint density at radius 1 is 1.31 bits per heavy atom. The topological polar surface area (TPSA) is 38.9 Å². The van der Waals surface area contributed by atoms with Gasteiger partial charge in [0, 0.05) is 17.1 Å². The number of aryl methyl sites for hydroxylation is 1. The predicted octanol–water partition coefficient (Wildman–Crippen LogP) is 3.45. The van der Waals surface area contributed by atoms with Crippen LogP contribution in [0.1, 0.15) is 17.0 Å². The van der Waals surface area contributed by atoms with Gasteiger partial charge in [-0.3, -0.25) is 0 Å². The van der Waals surface area contributed by atoms with E-state index in [-0.39, 0.29) is 0 Å². The molecule has 0 aliphatic carbocycles. The van der Waals surface area contributed by atoms with Gasteiger partial charge in [0.05, 0.1) is 5.69 Å². The zero-order chi connectivity index (χ0) is 11.1. The Labute approximate surface area is 102 Å². The molecule has 0 amide bonds. The Kier molecular flexibility index (Phi) is 2.41. The summed E-state index contributed by atoms with van der Waals surface area (Å²) in [5, 5.41) is 0.555. The molecule has 1 aliphatic rings. The van der Waals surface area contributed by atoms with E-state index in [0.717, 1.165) is 28.5 Å². The van der Waals surface area contributed by atoms with Crippen LogP contribution in [0.5, 0.6) is 0 Å². The van der Waals surface area contributed by atoms with Crippen molar-refractivity contribution in [1.82, 2.24) is 9.97 Å². The molecule has 82 valence electrons. The summed E-state index contributed by atoms with van der Waals surface area (Å²) in [6, 6.07) is 3.77. The lowest BCUT2D eigenvalue weighted by molar-refractivity contribution is 0.543. The molecule has 0 aromatic carbocycles. The van der Waals surface area contributed by atoms with Gasteiger partial charge in [0.25, 0.3) is 0 Å². The first kappa shape index (κ1) is 10.2. The summed E-state index contributed by atoms with van der Waals surface area (Å²) in [6.45, 7) is 1.90. The van der Waals surface area contributed by atoms with Gasteiger partial charge in [0.15, 0.2) is 11.6 Å². The van der Waals surface area contributed by atoms with Gasteiger partial charge < -0.3 is 4.42 Å². The lowest BCUT2D eigenvalue weighted by Crippen LogP contribution is -1.96. The highest BCUT2D eigenvalue weighted by Gasteiger charge is 2.20. The number of furan rings is 1. The maximum Gasteiger partial charge on any atom is 0.197 e. The molecule has 0 radical (unpaired) electrons. The smallest absolute Gasteiger partial charge is 0.197 e. The van der Waals surface area contributed by atoms with Gasteiger partial charge in [-0.25, -0.2) is 9.97 Å². The van der Waals surface area contributed by atoms with Crippen molar-refractivity contribution in [3.63, 3.8) is 0 Å². The number of halogens is 1. The molecule has 0 fully saturated rings. The van der Waals surface area contributed by atoms with Crippen molar-refractivity contribution in [2.75, 3.05) is 0 Å². The first-order valence-electron chi connectivity index (χ1n) is 4.94. The molecular weight excluding hydrogens is 244 g/mol. The zero-order valence-electron chi connectivity index (χ0n) is 8.66. The third-order valence-corrected chi connectivity index (χ3v) is 3.77. The van der Waals surface area contributed by atoms with E-state index in [9.17, 15) is 0 Å². The third-order valence-electron chi connectivity index (χ3n) is 2.49. The SMILES string of the molecule is Cc1ccc(-c2nc(Cl)c3c(n2)CSC3)o1. The van der Waals surface area contributed by atoms with Crippen molar-refractivity contribution in [2.24, 2.45) is 0 Å². The normalized spacial score (nSPS) is 14.1. The largest absolute Gasteiger partial charge is 0.458 e. The molecule has 0 bridgehead atoms. The zero-order valence-corrected chi connectivity index (χ0v) is 10.2. The van der Waals surface area contributed by atoms with Gasteiger partial charge in [-0.2, -0.15) is 11.8 Å². The van der Waals surface area contributed by atoms with E-state index < -0.39 is 0 Å². The number of nitrogens with zero attached hydrogens (tertiary/aromatic N) is 2. The quantitative estimate of drug-likeness (QED) is 0.729. The van der Waals surface area contributed by atoms with Crippen LogP contribution in [0.15, 0.2) is 16.5 Å². The molecular formula is C11H9ClN2OS. The van der Waals surface area contributed by atoms with E-state index in [1.54, 1.807) is 0 Å². The van der Waals surface area contributed by atoms with Crippen LogP contribution in [0, 0.1) is 6.92 Å². The fraction of sp³-hybridized carbons (Fsp3) is 0.273.